The predicted molar refractivity (Wildman–Crippen MR) is 121 cm³/mol. The second kappa shape index (κ2) is 26.3. The molecule has 0 N–H and O–H groups in total. The van der Waals surface area contributed by atoms with Crippen LogP contribution in [0.1, 0.15) is 90.9 Å². The van der Waals surface area contributed by atoms with Crippen LogP contribution < -0.4 is 0 Å². The third kappa shape index (κ3) is 25.3. The highest BCUT2D eigenvalue weighted by atomic mass is 16.6. The average molecular weight is 433 g/mol. The van der Waals surface area contributed by atoms with Gasteiger partial charge in [-0.2, -0.15) is 0 Å². The monoisotopic (exact) mass is 432 g/mol. The summed E-state index contributed by atoms with van der Waals surface area (Å²) in [5.74, 6) is -0.117. The van der Waals surface area contributed by atoms with E-state index in [2.05, 4.69) is 13.8 Å². The fourth-order valence-electron chi connectivity index (χ4n) is 2.82. The summed E-state index contributed by atoms with van der Waals surface area (Å²) in [5, 5.41) is 0. The van der Waals surface area contributed by atoms with Crippen LogP contribution in [0.5, 0.6) is 0 Å². The van der Waals surface area contributed by atoms with Gasteiger partial charge in [0.2, 0.25) is 0 Å². The van der Waals surface area contributed by atoms with Crippen LogP contribution in [0.4, 0.5) is 0 Å². The van der Waals surface area contributed by atoms with Crippen LogP contribution in [0.25, 0.3) is 0 Å². The second-order valence-corrected chi connectivity index (χ2v) is 7.60. The molecule has 0 saturated heterocycles. The van der Waals surface area contributed by atoms with E-state index in [-0.39, 0.29) is 5.97 Å². The lowest BCUT2D eigenvalue weighted by Crippen LogP contribution is -2.12. The van der Waals surface area contributed by atoms with Crippen molar-refractivity contribution in [3.8, 4) is 0 Å². The Hall–Kier alpha value is -0.690. The summed E-state index contributed by atoms with van der Waals surface area (Å²) in [7, 11) is 0. The molecule has 0 aromatic rings. The van der Waals surface area contributed by atoms with Crippen molar-refractivity contribution in [2.24, 2.45) is 0 Å². The van der Waals surface area contributed by atoms with E-state index in [1.165, 1.54) is 38.5 Å². The first kappa shape index (κ1) is 29.3. The number of carbonyl (C=O) groups is 1. The van der Waals surface area contributed by atoms with Gasteiger partial charge in [-0.25, -0.2) is 0 Å². The lowest BCUT2D eigenvalue weighted by atomic mass is 10.1. The molecule has 0 amide bonds. The zero-order chi connectivity index (χ0) is 22.0. The van der Waals surface area contributed by atoms with Crippen molar-refractivity contribution in [2.45, 2.75) is 90.9 Å². The maximum atomic E-state index is 11.7. The molecule has 0 radical (unpaired) electrons. The zero-order valence-corrected chi connectivity index (χ0v) is 19.8. The molecule has 0 spiro atoms. The summed E-state index contributed by atoms with van der Waals surface area (Å²) in [6.45, 7) is 9.76. The van der Waals surface area contributed by atoms with Gasteiger partial charge in [0, 0.05) is 19.6 Å². The van der Waals surface area contributed by atoms with E-state index >= 15 is 0 Å². The lowest BCUT2D eigenvalue weighted by Gasteiger charge is -2.08. The van der Waals surface area contributed by atoms with Crippen LogP contribution in [0.2, 0.25) is 0 Å². The minimum atomic E-state index is -0.117. The first-order chi connectivity index (χ1) is 14.8. The van der Waals surface area contributed by atoms with Crippen molar-refractivity contribution in [1.82, 2.24) is 0 Å². The summed E-state index contributed by atoms with van der Waals surface area (Å²) in [6, 6.07) is 0. The number of ether oxygens (including phenoxy) is 5. The van der Waals surface area contributed by atoms with Gasteiger partial charge in [0.15, 0.2) is 0 Å². The van der Waals surface area contributed by atoms with Crippen LogP contribution in [0.3, 0.4) is 0 Å². The van der Waals surface area contributed by atoms with Gasteiger partial charge in [0.05, 0.1) is 46.2 Å². The van der Waals surface area contributed by atoms with Crippen molar-refractivity contribution >= 4 is 5.97 Å². The van der Waals surface area contributed by atoms with Gasteiger partial charge in [-0.1, -0.05) is 65.2 Å². The Morgan fingerprint density at radius 3 is 1.43 bits per heavy atom. The van der Waals surface area contributed by atoms with Crippen molar-refractivity contribution in [1.29, 1.82) is 0 Å². The van der Waals surface area contributed by atoms with Gasteiger partial charge in [0.1, 0.15) is 0 Å². The van der Waals surface area contributed by atoms with Gasteiger partial charge in [0.25, 0.3) is 0 Å². The standard InChI is InChI=1S/C24H48O6/c1-3-5-7-8-9-10-11-12-17-30-24(25)14-13-16-27-19-21-29-23-22-28-20-18-26-15-6-4-2/h3-23H2,1-2H3. The summed E-state index contributed by atoms with van der Waals surface area (Å²) in [5.41, 5.74) is 0. The largest absolute Gasteiger partial charge is 0.466 e. The molecule has 6 nitrogen and oxygen atoms in total. The number of unbranched alkanes of at least 4 members (excludes halogenated alkanes) is 8. The molecule has 0 rings (SSSR count). The topological polar surface area (TPSA) is 63.2 Å². The zero-order valence-electron chi connectivity index (χ0n) is 19.8. The number of hydrogen-bond acceptors (Lipinski definition) is 6. The maximum Gasteiger partial charge on any atom is 0.305 e. The quantitative estimate of drug-likeness (QED) is 0.144. The SMILES string of the molecule is CCCCCCCCCCOC(=O)CCCOCCOCCOCCOCCCC. The van der Waals surface area contributed by atoms with Gasteiger partial charge in [-0.3, -0.25) is 4.79 Å². The maximum absolute atomic E-state index is 11.7. The van der Waals surface area contributed by atoms with Crippen molar-refractivity contribution in [3.63, 3.8) is 0 Å². The molecule has 30 heavy (non-hydrogen) atoms. The van der Waals surface area contributed by atoms with E-state index in [1.807, 2.05) is 0 Å². The molecule has 0 aromatic carbocycles. The third-order valence-electron chi connectivity index (χ3n) is 4.69. The Morgan fingerprint density at radius 2 is 0.900 bits per heavy atom. The van der Waals surface area contributed by atoms with Gasteiger partial charge >= 0.3 is 5.97 Å². The van der Waals surface area contributed by atoms with Crippen LogP contribution in [0, 0.1) is 0 Å². The smallest absolute Gasteiger partial charge is 0.305 e. The van der Waals surface area contributed by atoms with Crippen LogP contribution >= 0.6 is 0 Å². The van der Waals surface area contributed by atoms with E-state index in [4.69, 9.17) is 23.7 Å². The lowest BCUT2D eigenvalue weighted by molar-refractivity contribution is -0.144. The minimum Gasteiger partial charge on any atom is -0.466 e. The molecule has 0 bridgehead atoms. The molecular formula is C24H48O6. The molecule has 0 aromatic heterocycles. The molecule has 0 heterocycles. The number of esters is 1. The average Bonchev–Trinajstić information content (AvgIpc) is 2.75. The summed E-state index contributed by atoms with van der Waals surface area (Å²) < 4.78 is 27.0. The minimum absolute atomic E-state index is 0.117. The van der Waals surface area contributed by atoms with E-state index in [9.17, 15) is 4.79 Å². The van der Waals surface area contributed by atoms with Gasteiger partial charge in [-0.15, -0.1) is 0 Å². The van der Waals surface area contributed by atoms with Crippen LogP contribution in [-0.4, -0.2) is 65.4 Å². The highest BCUT2D eigenvalue weighted by Crippen LogP contribution is 2.08. The highest BCUT2D eigenvalue weighted by Gasteiger charge is 2.02. The van der Waals surface area contributed by atoms with Gasteiger partial charge < -0.3 is 23.7 Å². The van der Waals surface area contributed by atoms with E-state index in [0.717, 1.165) is 32.3 Å². The molecule has 0 fully saturated rings. The molecule has 180 valence electrons. The van der Waals surface area contributed by atoms with Crippen LogP contribution in [-0.2, 0) is 28.5 Å². The van der Waals surface area contributed by atoms with E-state index in [0.29, 0.717) is 65.7 Å². The predicted octanol–water partition coefficient (Wildman–Crippen LogP) is 5.32. The molecule has 0 aliphatic heterocycles. The third-order valence-corrected chi connectivity index (χ3v) is 4.69. The first-order valence-corrected chi connectivity index (χ1v) is 12.3. The Bertz CT molecular complexity index is 338. The summed E-state index contributed by atoms with van der Waals surface area (Å²) >= 11 is 0. The van der Waals surface area contributed by atoms with Crippen molar-refractivity contribution < 1.29 is 28.5 Å². The van der Waals surface area contributed by atoms with Crippen molar-refractivity contribution in [3.05, 3.63) is 0 Å². The van der Waals surface area contributed by atoms with E-state index in [1.54, 1.807) is 0 Å². The summed E-state index contributed by atoms with van der Waals surface area (Å²) in [4.78, 5) is 11.7. The first-order valence-electron chi connectivity index (χ1n) is 12.3. The molecule has 0 atom stereocenters. The molecular weight excluding hydrogens is 384 g/mol. The summed E-state index contributed by atoms with van der Waals surface area (Å²) in [6.07, 6.45) is 13.4. The molecule has 0 aliphatic rings. The van der Waals surface area contributed by atoms with E-state index < -0.39 is 0 Å². The fourth-order valence-corrected chi connectivity index (χ4v) is 2.82. The normalized spacial score (nSPS) is 11.1. The highest BCUT2D eigenvalue weighted by molar-refractivity contribution is 5.69. The molecule has 6 heteroatoms. The van der Waals surface area contributed by atoms with Gasteiger partial charge in [-0.05, 0) is 19.3 Å². The van der Waals surface area contributed by atoms with Crippen LogP contribution in [0.15, 0.2) is 0 Å². The Labute approximate surface area is 185 Å². The molecule has 0 aliphatic carbocycles. The Kier molecular flexibility index (Phi) is 25.7. The number of rotatable bonds is 25. The molecule has 0 saturated carbocycles. The Morgan fingerprint density at radius 1 is 0.467 bits per heavy atom. The molecule has 0 unspecified atom stereocenters. The second-order valence-electron chi connectivity index (χ2n) is 7.60. The van der Waals surface area contributed by atoms with Crippen molar-refractivity contribution in [2.75, 3.05) is 59.5 Å². The Balaban J connectivity index is 3.12. The number of hydrogen-bond donors (Lipinski definition) is 0. The number of carbonyl (C=O) groups excluding carboxylic acids is 1. The fraction of sp³-hybridized carbons (Fsp3) is 0.958.